The molecule has 4 rings (SSSR count). The Balaban J connectivity index is 0.000000360. The summed E-state index contributed by atoms with van der Waals surface area (Å²) in [5, 5.41) is 10.2. The van der Waals surface area contributed by atoms with Gasteiger partial charge in [0.25, 0.3) is 0 Å². The Morgan fingerprint density at radius 1 is 1.12 bits per heavy atom. The van der Waals surface area contributed by atoms with Crippen LogP contribution in [0.3, 0.4) is 0 Å². The highest BCUT2D eigenvalue weighted by Gasteiger charge is 2.53. The normalized spacial score (nSPS) is 25.4. The van der Waals surface area contributed by atoms with E-state index in [2.05, 4.69) is 10.2 Å². The summed E-state index contributed by atoms with van der Waals surface area (Å²) >= 11 is 0. The number of alkyl halides is 3. The Kier molecular flexibility index (Phi) is 7.38. The maximum absolute atomic E-state index is 12.5. The van der Waals surface area contributed by atoms with E-state index in [1.807, 2.05) is 18.7 Å². The molecule has 8 nitrogen and oxygen atoms in total. The minimum Gasteiger partial charge on any atom is -0.475 e. The molecule has 2 aliphatic heterocycles. The molecule has 2 aliphatic carbocycles. The molecule has 2 saturated heterocycles. The molecular formula is C21H32F3N3O5. The Morgan fingerprint density at radius 3 is 2.16 bits per heavy atom. The third kappa shape index (κ3) is 6.12. The molecule has 182 valence electrons. The number of morpholine rings is 1. The third-order valence-corrected chi connectivity index (χ3v) is 6.37. The van der Waals surface area contributed by atoms with E-state index in [0.717, 1.165) is 31.8 Å². The van der Waals surface area contributed by atoms with Crippen LogP contribution in [0, 0.1) is 11.8 Å². The predicted octanol–water partition coefficient (Wildman–Crippen LogP) is 1.64. The first-order valence-corrected chi connectivity index (χ1v) is 11.2. The van der Waals surface area contributed by atoms with Crippen LogP contribution in [0.2, 0.25) is 0 Å². The highest BCUT2D eigenvalue weighted by Crippen LogP contribution is 2.38. The van der Waals surface area contributed by atoms with Crippen molar-refractivity contribution in [3.8, 4) is 0 Å². The van der Waals surface area contributed by atoms with Crippen LogP contribution in [0.5, 0.6) is 0 Å². The molecule has 32 heavy (non-hydrogen) atoms. The average Bonchev–Trinajstić information content (AvgIpc) is 3.41. The fourth-order valence-corrected chi connectivity index (χ4v) is 4.24. The standard InChI is InChI=1S/C19H31N3O3.C2HF3O2/c1-13(2)20-17(23)16-9-25-19(10-21(16)8-14-6-7-14)11-22(12-19)18(24)15-4-3-5-15;3-2(4,5)1(6)7/h13-16H,3-12H2,1-2H3,(H,20,23);(H,6,7). The first-order valence-electron chi connectivity index (χ1n) is 11.2. The number of carbonyl (C=O) groups is 3. The summed E-state index contributed by atoms with van der Waals surface area (Å²) in [7, 11) is 0. The van der Waals surface area contributed by atoms with Crippen LogP contribution in [0.15, 0.2) is 0 Å². The second-order valence-electron chi connectivity index (χ2n) is 9.67. The average molecular weight is 463 g/mol. The molecule has 0 aromatic rings. The second-order valence-corrected chi connectivity index (χ2v) is 9.67. The lowest BCUT2D eigenvalue weighted by Gasteiger charge is -2.56. The molecule has 2 heterocycles. The number of hydrogen-bond acceptors (Lipinski definition) is 5. The fraction of sp³-hybridized carbons (Fsp3) is 0.857. The summed E-state index contributed by atoms with van der Waals surface area (Å²) in [4.78, 5) is 38.1. The highest BCUT2D eigenvalue weighted by molar-refractivity contribution is 5.82. The van der Waals surface area contributed by atoms with Crippen LogP contribution in [0.25, 0.3) is 0 Å². The predicted molar refractivity (Wildman–Crippen MR) is 108 cm³/mol. The maximum Gasteiger partial charge on any atom is 0.490 e. The molecule has 4 aliphatic rings. The molecule has 1 atom stereocenters. The van der Waals surface area contributed by atoms with Crippen LogP contribution in [-0.4, -0.2) is 89.3 Å². The second kappa shape index (κ2) is 9.54. The van der Waals surface area contributed by atoms with E-state index in [9.17, 15) is 22.8 Å². The lowest BCUT2D eigenvalue weighted by atomic mass is 9.81. The van der Waals surface area contributed by atoms with Gasteiger partial charge in [0, 0.05) is 25.0 Å². The lowest BCUT2D eigenvalue weighted by molar-refractivity contribution is -0.207. The molecule has 1 unspecified atom stereocenters. The van der Waals surface area contributed by atoms with Crippen molar-refractivity contribution in [1.29, 1.82) is 0 Å². The van der Waals surface area contributed by atoms with Gasteiger partial charge in [0.15, 0.2) is 0 Å². The summed E-state index contributed by atoms with van der Waals surface area (Å²) in [5.41, 5.74) is -0.247. The zero-order valence-corrected chi connectivity index (χ0v) is 18.5. The topological polar surface area (TPSA) is 99.2 Å². The van der Waals surface area contributed by atoms with Crippen molar-refractivity contribution in [2.45, 2.75) is 69.8 Å². The van der Waals surface area contributed by atoms with Crippen LogP contribution >= 0.6 is 0 Å². The molecule has 4 fully saturated rings. The molecule has 11 heteroatoms. The van der Waals surface area contributed by atoms with Gasteiger partial charge >= 0.3 is 12.1 Å². The van der Waals surface area contributed by atoms with Gasteiger partial charge in [-0.25, -0.2) is 4.79 Å². The van der Waals surface area contributed by atoms with E-state index >= 15 is 0 Å². The molecule has 0 bridgehead atoms. The SMILES string of the molecule is CC(C)NC(=O)C1COC2(CN(C(=O)C3CCC3)C2)CN1CC1CC1.O=C(O)C(F)(F)F. The van der Waals surface area contributed by atoms with Gasteiger partial charge in [-0.2, -0.15) is 13.2 Å². The van der Waals surface area contributed by atoms with Crippen molar-refractivity contribution in [2.24, 2.45) is 11.8 Å². The van der Waals surface area contributed by atoms with Gasteiger partial charge in [0.05, 0.1) is 19.7 Å². The van der Waals surface area contributed by atoms with Crippen molar-refractivity contribution in [3.05, 3.63) is 0 Å². The number of aliphatic carboxylic acids is 1. The largest absolute Gasteiger partial charge is 0.490 e. The van der Waals surface area contributed by atoms with Crippen molar-refractivity contribution in [2.75, 3.05) is 32.8 Å². The van der Waals surface area contributed by atoms with E-state index in [-0.39, 0.29) is 29.5 Å². The van der Waals surface area contributed by atoms with Crippen molar-refractivity contribution >= 4 is 17.8 Å². The molecule has 0 aromatic heterocycles. The van der Waals surface area contributed by atoms with Gasteiger partial charge in [-0.3, -0.25) is 14.5 Å². The molecule has 2 N–H and O–H groups in total. The van der Waals surface area contributed by atoms with E-state index < -0.39 is 12.1 Å². The number of carboxylic acids is 1. The number of likely N-dealkylation sites (tertiary alicyclic amines) is 1. The van der Waals surface area contributed by atoms with Gasteiger partial charge in [-0.1, -0.05) is 6.42 Å². The fourth-order valence-electron chi connectivity index (χ4n) is 4.24. The summed E-state index contributed by atoms with van der Waals surface area (Å²) in [6, 6.07) is -0.0459. The highest BCUT2D eigenvalue weighted by atomic mass is 19.4. The third-order valence-electron chi connectivity index (χ3n) is 6.37. The maximum atomic E-state index is 12.5. The Hall–Kier alpha value is -1.88. The van der Waals surface area contributed by atoms with Crippen LogP contribution in [-0.2, 0) is 19.1 Å². The van der Waals surface area contributed by atoms with Crippen LogP contribution in [0.1, 0.15) is 46.0 Å². The number of ether oxygens (including phenoxy) is 1. The minimum atomic E-state index is -5.08. The van der Waals surface area contributed by atoms with E-state index in [1.165, 1.54) is 19.3 Å². The number of hydrogen-bond donors (Lipinski definition) is 2. The van der Waals surface area contributed by atoms with E-state index in [0.29, 0.717) is 25.6 Å². The van der Waals surface area contributed by atoms with E-state index in [4.69, 9.17) is 14.6 Å². The summed E-state index contributed by atoms with van der Waals surface area (Å²) < 4.78 is 37.9. The molecule has 2 saturated carbocycles. The van der Waals surface area contributed by atoms with Crippen molar-refractivity contribution in [1.82, 2.24) is 15.1 Å². The quantitative estimate of drug-likeness (QED) is 0.643. The Bertz CT molecular complexity index is 716. The number of amides is 2. The molecule has 1 spiro atoms. The zero-order valence-electron chi connectivity index (χ0n) is 18.5. The van der Waals surface area contributed by atoms with Crippen LogP contribution in [0.4, 0.5) is 13.2 Å². The van der Waals surface area contributed by atoms with Gasteiger partial charge in [0.2, 0.25) is 11.8 Å². The molecule has 2 amide bonds. The summed E-state index contributed by atoms with van der Waals surface area (Å²) in [6.07, 6.45) is 0.751. The van der Waals surface area contributed by atoms with Crippen molar-refractivity contribution in [3.63, 3.8) is 0 Å². The lowest BCUT2D eigenvalue weighted by Crippen LogP contribution is -2.74. The van der Waals surface area contributed by atoms with Gasteiger partial charge in [-0.15, -0.1) is 0 Å². The number of nitrogens with zero attached hydrogens (tertiary/aromatic N) is 2. The van der Waals surface area contributed by atoms with Crippen molar-refractivity contribution < 1.29 is 37.4 Å². The van der Waals surface area contributed by atoms with Gasteiger partial charge in [0.1, 0.15) is 11.6 Å². The Morgan fingerprint density at radius 2 is 1.72 bits per heavy atom. The first kappa shape index (κ1) is 24.8. The summed E-state index contributed by atoms with van der Waals surface area (Å²) in [6.45, 7) is 7.57. The monoisotopic (exact) mass is 463 g/mol. The van der Waals surface area contributed by atoms with Gasteiger partial charge < -0.3 is 20.1 Å². The zero-order chi connectivity index (χ0) is 23.7. The van der Waals surface area contributed by atoms with Gasteiger partial charge in [-0.05, 0) is 45.4 Å². The van der Waals surface area contributed by atoms with E-state index in [1.54, 1.807) is 0 Å². The molecule has 0 radical (unpaired) electrons. The number of carbonyl (C=O) groups excluding carboxylic acids is 2. The summed E-state index contributed by atoms with van der Waals surface area (Å²) in [5.74, 6) is -1.38. The number of carboxylic acid groups (broad SMARTS) is 1. The number of rotatable bonds is 5. The Labute approximate surface area is 185 Å². The van der Waals surface area contributed by atoms with Crippen LogP contribution < -0.4 is 5.32 Å². The molecule has 0 aromatic carbocycles. The number of halogens is 3. The molecular weight excluding hydrogens is 431 g/mol. The smallest absolute Gasteiger partial charge is 0.475 e. The first-order chi connectivity index (χ1) is 14.9. The minimum absolute atomic E-state index is 0.0761. The number of nitrogens with one attached hydrogen (secondary N) is 1.